The third kappa shape index (κ3) is 6.25. The van der Waals surface area contributed by atoms with Crippen molar-refractivity contribution in [2.24, 2.45) is 10.9 Å². The first-order chi connectivity index (χ1) is 9.38. The van der Waals surface area contributed by atoms with Crippen LogP contribution in [0.25, 0.3) is 0 Å². The molecule has 19 heavy (non-hydrogen) atoms. The summed E-state index contributed by atoms with van der Waals surface area (Å²) in [7, 11) is 1.80. The molecule has 5 heteroatoms. The van der Waals surface area contributed by atoms with E-state index in [0.29, 0.717) is 6.10 Å². The molecule has 0 bridgehead atoms. The molecule has 0 radical (unpaired) electrons. The summed E-state index contributed by atoms with van der Waals surface area (Å²) in [5.41, 5.74) is 0. The molecule has 2 N–H and O–H groups in total. The van der Waals surface area contributed by atoms with Crippen molar-refractivity contribution in [3.8, 4) is 0 Å². The van der Waals surface area contributed by atoms with Gasteiger partial charge in [0.2, 0.25) is 0 Å². The van der Waals surface area contributed by atoms with Gasteiger partial charge in [0, 0.05) is 40.0 Å². The molecule has 110 valence electrons. The number of ether oxygens (including phenoxy) is 2. The molecule has 1 heterocycles. The zero-order valence-electron chi connectivity index (χ0n) is 12.0. The maximum Gasteiger partial charge on any atom is 0.191 e. The Morgan fingerprint density at radius 1 is 1.32 bits per heavy atom. The summed E-state index contributed by atoms with van der Waals surface area (Å²) < 4.78 is 11.2. The zero-order chi connectivity index (χ0) is 13.3. The van der Waals surface area contributed by atoms with Crippen LogP contribution in [-0.2, 0) is 9.47 Å². The first-order valence-corrected chi connectivity index (χ1v) is 7.52. The van der Waals surface area contributed by atoms with Gasteiger partial charge in [-0.05, 0) is 38.0 Å². The van der Waals surface area contributed by atoms with Crippen LogP contribution in [0.1, 0.15) is 32.1 Å². The van der Waals surface area contributed by atoms with E-state index in [1.807, 2.05) is 0 Å². The van der Waals surface area contributed by atoms with Crippen LogP contribution in [0.4, 0.5) is 0 Å². The van der Waals surface area contributed by atoms with Crippen LogP contribution in [0.3, 0.4) is 0 Å². The first kappa shape index (κ1) is 14.6. The Kier molecular flexibility index (Phi) is 6.44. The molecule has 0 aromatic rings. The maximum atomic E-state index is 5.59. The minimum Gasteiger partial charge on any atom is -0.381 e. The van der Waals surface area contributed by atoms with Gasteiger partial charge in [-0.15, -0.1) is 0 Å². The Balaban J connectivity index is 1.44. The molecule has 1 aliphatic carbocycles. The SMILES string of the molecule is CN=C(NCCCOCC1CC1)NCC1CCCO1. The highest BCUT2D eigenvalue weighted by atomic mass is 16.5. The second-order valence-electron chi connectivity index (χ2n) is 5.39. The second kappa shape index (κ2) is 8.38. The van der Waals surface area contributed by atoms with Crippen molar-refractivity contribution in [3.05, 3.63) is 0 Å². The lowest BCUT2D eigenvalue weighted by atomic mass is 10.2. The predicted octanol–water partition coefficient (Wildman–Crippen LogP) is 1.15. The monoisotopic (exact) mass is 269 g/mol. The lowest BCUT2D eigenvalue weighted by Gasteiger charge is -2.15. The normalized spacial score (nSPS) is 23.6. The lowest BCUT2D eigenvalue weighted by Crippen LogP contribution is -2.41. The summed E-state index contributed by atoms with van der Waals surface area (Å²) >= 11 is 0. The Bertz CT molecular complexity index is 274. The fourth-order valence-electron chi connectivity index (χ4n) is 2.15. The molecule has 0 spiro atoms. The summed E-state index contributed by atoms with van der Waals surface area (Å²) in [6.07, 6.45) is 6.42. The van der Waals surface area contributed by atoms with Gasteiger partial charge in [0.25, 0.3) is 0 Å². The van der Waals surface area contributed by atoms with Crippen molar-refractivity contribution in [2.75, 3.05) is 40.0 Å². The van der Waals surface area contributed by atoms with Gasteiger partial charge >= 0.3 is 0 Å². The quantitative estimate of drug-likeness (QED) is 0.394. The predicted molar refractivity (Wildman–Crippen MR) is 76.5 cm³/mol. The largest absolute Gasteiger partial charge is 0.381 e. The molecule has 1 saturated heterocycles. The zero-order valence-corrected chi connectivity index (χ0v) is 12.0. The number of guanidine groups is 1. The molecular formula is C14H27N3O2. The van der Waals surface area contributed by atoms with Crippen molar-refractivity contribution in [3.63, 3.8) is 0 Å². The molecule has 1 unspecified atom stereocenters. The van der Waals surface area contributed by atoms with E-state index in [1.54, 1.807) is 7.05 Å². The molecule has 1 atom stereocenters. The van der Waals surface area contributed by atoms with Crippen LogP contribution in [0.5, 0.6) is 0 Å². The lowest BCUT2D eigenvalue weighted by molar-refractivity contribution is 0.113. The highest BCUT2D eigenvalue weighted by molar-refractivity contribution is 5.79. The molecule has 1 aliphatic heterocycles. The molecule has 5 nitrogen and oxygen atoms in total. The fraction of sp³-hybridized carbons (Fsp3) is 0.929. The molecule has 2 aliphatic rings. The van der Waals surface area contributed by atoms with Gasteiger partial charge in [0.05, 0.1) is 6.10 Å². The summed E-state index contributed by atoms with van der Waals surface area (Å²) in [6.45, 7) is 4.43. The minimum absolute atomic E-state index is 0.348. The fourth-order valence-corrected chi connectivity index (χ4v) is 2.15. The third-order valence-electron chi connectivity index (χ3n) is 3.55. The van der Waals surface area contributed by atoms with Gasteiger partial charge in [0.15, 0.2) is 5.96 Å². The van der Waals surface area contributed by atoms with Crippen LogP contribution in [0.2, 0.25) is 0 Å². The van der Waals surface area contributed by atoms with E-state index in [9.17, 15) is 0 Å². The van der Waals surface area contributed by atoms with E-state index in [4.69, 9.17) is 9.47 Å². The first-order valence-electron chi connectivity index (χ1n) is 7.52. The standard InChI is InChI=1S/C14H27N3O2/c1-15-14(17-10-13-4-2-9-19-13)16-7-3-8-18-11-12-5-6-12/h12-13H,2-11H2,1H3,(H2,15,16,17). The Morgan fingerprint density at radius 2 is 2.21 bits per heavy atom. The highest BCUT2D eigenvalue weighted by Gasteiger charge is 2.20. The topological polar surface area (TPSA) is 54.9 Å². The molecular weight excluding hydrogens is 242 g/mol. The maximum absolute atomic E-state index is 5.59. The number of rotatable bonds is 8. The second-order valence-corrected chi connectivity index (χ2v) is 5.39. The van der Waals surface area contributed by atoms with Crippen molar-refractivity contribution >= 4 is 5.96 Å². The average molecular weight is 269 g/mol. The van der Waals surface area contributed by atoms with Gasteiger partial charge < -0.3 is 20.1 Å². The molecule has 2 fully saturated rings. The molecule has 1 saturated carbocycles. The summed E-state index contributed by atoms with van der Waals surface area (Å²) in [4.78, 5) is 4.20. The highest BCUT2D eigenvalue weighted by Crippen LogP contribution is 2.28. The number of hydrogen-bond donors (Lipinski definition) is 2. The van der Waals surface area contributed by atoms with Crippen LogP contribution < -0.4 is 10.6 Å². The van der Waals surface area contributed by atoms with Crippen molar-refractivity contribution < 1.29 is 9.47 Å². The average Bonchev–Trinajstić information content (AvgIpc) is 3.11. The summed E-state index contributed by atoms with van der Waals surface area (Å²) in [5.74, 6) is 1.71. The van der Waals surface area contributed by atoms with Crippen molar-refractivity contribution in [2.45, 2.75) is 38.2 Å². The van der Waals surface area contributed by atoms with Crippen LogP contribution >= 0.6 is 0 Å². The Morgan fingerprint density at radius 3 is 2.89 bits per heavy atom. The van der Waals surface area contributed by atoms with E-state index in [2.05, 4.69) is 15.6 Å². The summed E-state index contributed by atoms with van der Waals surface area (Å²) in [5, 5.41) is 6.60. The molecule has 2 rings (SSSR count). The molecule has 0 aromatic carbocycles. The van der Waals surface area contributed by atoms with Gasteiger partial charge in [-0.25, -0.2) is 0 Å². The van der Waals surface area contributed by atoms with Crippen molar-refractivity contribution in [1.29, 1.82) is 0 Å². The van der Waals surface area contributed by atoms with Gasteiger partial charge in [-0.3, -0.25) is 4.99 Å². The number of aliphatic imine (C=N–C) groups is 1. The third-order valence-corrected chi connectivity index (χ3v) is 3.55. The van der Waals surface area contributed by atoms with Crippen molar-refractivity contribution in [1.82, 2.24) is 10.6 Å². The number of nitrogens with one attached hydrogen (secondary N) is 2. The molecule has 0 amide bonds. The Hall–Kier alpha value is -0.810. The van der Waals surface area contributed by atoms with E-state index >= 15 is 0 Å². The van der Waals surface area contributed by atoms with E-state index in [1.165, 1.54) is 19.3 Å². The van der Waals surface area contributed by atoms with Gasteiger partial charge in [-0.2, -0.15) is 0 Å². The molecule has 0 aromatic heterocycles. The Labute approximate surface area is 116 Å². The van der Waals surface area contributed by atoms with Crippen LogP contribution in [0.15, 0.2) is 4.99 Å². The van der Waals surface area contributed by atoms with Gasteiger partial charge in [-0.1, -0.05) is 0 Å². The van der Waals surface area contributed by atoms with E-state index < -0.39 is 0 Å². The minimum atomic E-state index is 0.348. The van der Waals surface area contributed by atoms with Crippen LogP contribution in [0, 0.1) is 5.92 Å². The smallest absolute Gasteiger partial charge is 0.191 e. The van der Waals surface area contributed by atoms with Crippen LogP contribution in [-0.4, -0.2) is 52.0 Å². The summed E-state index contributed by atoms with van der Waals surface area (Å²) in [6, 6.07) is 0. The van der Waals surface area contributed by atoms with E-state index in [-0.39, 0.29) is 0 Å². The van der Waals surface area contributed by atoms with E-state index in [0.717, 1.165) is 57.6 Å². The number of hydrogen-bond acceptors (Lipinski definition) is 3. The number of nitrogens with zero attached hydrogens (tertiary/aromatic N) is 1. The van der Waals surface area contributed by atoms with Gasteiger partial charge in [0.1, 0.15) is 0 Å².